The number of rotatable bonds is 0. The summed E-state index contributed by atoms with van der Waals surface area (Å²) in [5.74, 6) is 0.977. The molecule has 2 aromatic carbocycles. The van der Waals surface area contributed by atoms with Crippen LogP contribution in [0.3, 0.4) is 0 Å². The zero-order valence-corrected chi connectivity index (χ0v) is 11.8. The van der Waals surface area contributed by atoms with Gasteiger partial charge < -0.3 is 10.1 Å². The van der Waals surface area contributed by atoms with E-state index in [1.54, 1.807) is 0 Å². The second-order valence-electron chi connectivity index (χ2n) is 5.15. The minimum Gasteiger partial charge on any atom is -0.475 e. The van der Waals surface area contributed by atoms with Crippen LogP contribution in [0.4, 0.5) is 5.69 Å². The Morgan fingerprint density at radius 3 is 2.14 bits per heavy atom. The molecule has 0 fully saturated rings. The average molecular weight is 279 g/mol. The summed E-state index contributed by atoms with van der Waals surface area (Å²) in [7, 11) is 0. The van der Waals surface area contributed by atoms with Gasteiger partial charge in [-0.25, -0.2) is 0 Å². The van der Waals surface area contributed by atoms with Gasteiger partial charge in [-0.2, -0.15) is 0 Å². The van der Waals surface area contributed by atoms with E-state index in [1.807, 2.05) is 48.5 Å². The summed E-state index contributed by atoms with van der Waals surface area (Å²) in [6, 6.07) is 16.1. The van der Waals surface area contributed by atoms with Crippen molar-refractivity contribution in [3.8, 4) is 0 Å². The third kappa shape index (κ3) is 3.14. The largest absolute Gasteiger partial charge is 0.475 e. The van der Waals surface area contributed by atoms with Gasteiger partial charge in [-0.1, -0.05) is 42.5 Å². The Balaban J connectivity index is 0.000000126. The summed E-state index contributed by atoms with van der Waals surface area (Å²) < 4.78 is 5.20. The molecule has 4 rings (SSSR count). The zero-order valence-electron chi connectivity index (χ0n) is 11.8. The maximum Gasteiger partial charge on any atom is 0.184 e. The average Bonchev–Trinajstić information content (AvgIpc) is 2.88. The number of hydrogen-bond donors (Lipinski definition) is 1. The maximum atomic E-state index is 10.9. The maximum absolute atomic E-state index is 10.9. The molecule has 3 heteroatoms. The Bertz CT molecular complexity index is 664. The molecule has 0 spiro atoms. The van der Waals surface area contributed by atoms with E-state index in [-0.39, 0.29) is 0 Å². The molecule has 0 saturated carbocycles. The number of Topliss-reactive ketones (excluding diaryl/α,β-unsaturated/α-hetero) is 1. The van der Waals surface area contributed by atoms with Gasteiger partial charge >= 0.3 is 0 Å². The van der Waals surface area contributed by atoms with Crippen LogP contribution in [0.5, 0.6) is 0 Å². The molecule has 0 amide bonds. The molecule has 1 heterocycles. The molecule has 21 heavy (non-hydrogen) atoms. The van der Waals surface area contributed by atoms with Crippen LogP contribution in [-0.4, -0.2) is 5.78 Å². The SMILES string of the molecule is C=C1Nc2ccccc2CO1.O=C1Cc2ccccc2C1. The highest BCUT2D eigenvalue weighted by atomic mass is 16.5. The van der Waals surface area contributed by atoms with Crippen molar-refractivity contribution in [2.45, 2.75) is 19.4 Å². The van der Waals surface area contributed by atoms with Crippen molar-refractivity contribution >= 4 is 11.5 Å². The molecular weight excluding hydrogens is 262 g/mol. The number of nitrogens with one attached hydrogen (secondary N) is 1. The molecule has 3 nitrogen and oxygen atoms in total. The number of carbonyl (C=O) groups excluding carboxylic acids is 1. The summed E-state index contributed by atoms with van der Waals surface area (Å²) in [6.07, 6.45) is 1.30. The third-order valence-electron chi connectivity index (χ3n) is 3.59. The fraction of sp³-hybridized carbons (Fsp3) is 0.167. The Labute approximate surface area is 124 Å². The van der Waals surface area contributed by atoms with Crippen molar-refractivity contribution in [2.75, 3.05) is 5.32 Å². The van der Waals surface area contributed by atoms with Crippen LogP contribution in [0.1, 0.15) is 16.7 Å². The number of hydrogen-bond acceptors (Lipinski definition) is 3. The highest BCUT2D eigenvalue weighted by Gasteiger charge is 2.16. The Morgan fingerprint density at radius 2 is 1.48 bits per heavy atom. The smallest absolute Gasteiger partial charge is 0.184 e. The van der Waals surface area contributed by atoms with Gasteiger partial charge in [0.1, 0.15) is 12.4 Å². The number of ether oxygens (including phenoxy) is 1. The normalized spacial score (nSPS) is 15.0. The van der Waals surface area contributed by atoms with E-state index in [0.29, 0.717) is 31.1 Å². The van der Waals surface area contributed by atoms with Gasteiger partial charge in [0.2, 0.25) is 0 Å². The zero-order chi connectivity index (χ0) is 14.7. The van der Waals surface area contributed by atoms with Crippen LogP contribution in [0.15, 0.2) is 61.0 Å². The lowest BCUT2D eigenvalue weighted by Crippen LogP contribution is -2.10. The highest BCUT2D eigenvalue weighted by molar-refractivity contribution is 5.87. The van der Waals surface area contributed by atoms with Gasteiger partial charge in [-0.3, -0.25) is 4.79 Å². The molecule has 0 bridgehead atoms. The predicted molar refractivity (Wildman–Crippen MR) is 82.9 cm³/mol. The molecule has 1 aliphatic carbocycles. The van der Waals surface area contributed by atoms with Crippen molar-refractivity contribution in [3.63, 3.8) is 0 Å². The van der Waals surface area contributed by atoms with Crippen LogP contribution in [0, 0.1) is 0 Å². The minimum atomic E-state index is 0.348. The first-order valence-corrected chi connectivity index (χ1v) is 6.97. The first kappa shape index (κ1) is 13.4. The van der Waals surface area contributed by atoms with E-state index in [2.05, 4.69) is 11.9 Å². The Morgan fingerprint density at radius 1 is 0.905 bits per heavy atom. The number of fused-ring (bicyclic) bond motifs is 2. The number of benzene rings is 2. The predicted octanol–water partition coefficient (Wildman–Crippen LogP) is 3.45. The molecule has 1 N–H and O–H groups in total. The van der Waals surface area contributed by atoms with E-state index < -0.39 is 0 Å². The molecule has 2 aromatic rings. The summed E-state index contributed by atoms with van der Waals surface area (Å²) in [5.41, 5.74) is 4.71. The van der Waals surface area contributed by atoms with Crippen molar-refractivity contribution in [1.29, 1.82) is 0 Å². The fourth-order valence-corrected chi connectivity index (χ4v) is 2.51. The minimum absolute atomic E-state index is 0.348. The molecule has 0 saturated heterocycles. The summed E-state index contributed by atoms with van der Waals surface area (Å²) >= 11 is 0. The monoisotopic (exact) mass is 279 g/mol. The second kappa shape index (κ2) is 5.83. The number of anilines is 1. The van der Waals surface area contributed by atoms with Crippen LogP contribution in [-0.2, 0) is 29.0 Å². The molecule has 0 atom stereocenters. The van der Waals surface area contributed by atoms with Gasteiger partial charge in [-0.05, 0) is 23.8 Å². The lowest BCUT2D eigenvalue weighted by Gasteiger charge is -2.20. The van der Waals surface area contributed by atoms with E-state index in [9.17, 15) is 4.79 Å². The fourth-order valence-electron chi connectivity index (χ4n) is 2.51. The standard InChI is InChI=1S/C9H9NO.C9H8O/c1-7-10-9-5-3-2-4-8(9)6-11-7;10-9-5-7-3-1-2-4-8(7)6-9/h2-5,10H,1,6H2;1-4H,5-6H2. The Kier molecular flexibility index (Phi) is 3.73. The quantitative estimate of drug-likeness (QED) is 0.802. The van der Waals surface area contributed by atoms with E-state index in [4.69, 9.17) is 4.74 Å². The lowest BCUT2D eigenvalue weighted by molar-refractivity contribution is -0.117. The van der Waals surface area contributed by atoms with Gasteiger partial charge in [-0.15, -0.1) is 0 Å². The van der Waals surface area contributed by atoms with E-state index in [1.165, 1.54) is 16.7 Å². The number of ketones is 1. The van der Waals surface area contributed by atoms with Crippen molar-refractivity contribution in [3.05, 3.63) is 77.7 Å². The van der Waals surface area contributed by atoms with Gasteiger partial charge in [0.05, 0.1) is 0 Å². The van der Waals surface area contributed by atoms with Crippen LogP contribution < -0.4 is 5.32 Å². The molecule has 2 aliphatic rings. The molecule has 1 aliphatic heterocycles. The van der Waals surface area contributed by atoms with Gasteiger partial charge in [0, 0.05) is 24.1 Å². The lowest BCUT2D eigenvalue weighted by atomic mass is 10.1. The van der Waals surface area contributed by atoms with Crippen LogP contribution in [0.2, 0.25) is 0 Å². The Hall–Kier alpha value is -2.55. The summed E-state index contributed by atoms with van der Waals surface area (Å²) in [4.78, 5) is 10.9. The van der Waals surface area contributed by atoms with Crippen LogP contribution in [0.25, 0.3) is 0 Å². The second-order valence-corrected chi connectivity index (χ2v) is 5.15. The highest BCUT2D eigenvalue weighted by Crippen LogP contribution is 2.22. The topological polar surface area (TPSA) is 38.3 Å². The third-order valence-corrected chi connectivity index (χ3v) is 3.59. The van der Waals surface area contributed by atoms with Gasteiger partial charge in [0.25, 0.3) is 0 Å². The van der Waals surface area contributed by atoms with Crippen LogP contribution >= 0.6 is 0 Å². The number of carbonyl (C=O) groups is 1. The van der Waals surface area contributed by atoms with Crippen molar-refractivity contribution < 1.29 is 9.53 Å². The molecule has 106 valence electrons. The summed E-state index contributed by atoms with van der Waals surface area (Å²) in [5, 5.41) is 3.04. The number of para-hydroxylation sites is 1. The molecule has 0 unspecified atom stereocenters. The first-order valence-electron chi connectivity index (χ1n) is 6.97. The summed E-state index contributed by atoms with van der Waals surface area (Å²) in [6.45, 7) is 4.31. The van der Waals surface area contributed by atoms with E-state index in [0.717, 1.165) is 5.69 Å². The molecule has 0 aromatic heterocycles. The van der Waals surface area contributed by atoms with Crippen molar-refractivity contribution in [1.82, 2.24) is 0 Å². The van der Waals surface area contributed by atoms with Gasteiger partial charge in [0.15, 0.2) is 5.88 Å². The molecule has 0 radical (unpaired) electrons. The van der Waals surface area contributed by atoms with Crippen molar-refractivity contribution in [2.24, 2.45) is 0 Å². The first-order chi connectivity index (χ1) is 10.2. The van der Waals surface area contributed by atoms with E-state index >= 15 is 0 Å². The molecular formula is C18H17NO2.